The van der Waals surface area contributed by atoms with E-state index < -0.39 is 15.9 Å². The van der Waals surface area contributed by atoms with Crippen molar-refractivity contribution in [1.29, 1.82) is 0 Å². The SMILES string of the molecule is O=C1/C(=C\c2ccc(-c3cc(Cl)c(Cl)cc3Cl)o2)SC(=S)N1C1CCS(=O)(=O)C1. The molecule has 3 heterocycles. The number of nitrogens with zero attached hydrogens (tertiary/aromatic N) is 1. The lowest BCUT2D eigenvalue weighted by Gasteiger charge is -2.20. The van der Waals surface area contributed by atoms with Gasteiger partial charge in [-0.15, -0.1) is 0 Å². The fourth-order valence-corrected chi connectivity index (χ4v) is 6.91. The molecule has 2 fully saturated rings. The van der Waals surface area contributed by atoms with Gasteiger partial charge in [0.15, 0.2) is 9.84 Å². The molecule has 2 aliphatic heterocycles. The minimum atomic E-state index is -3.13. The van der Waals surface area contributed by atoms with E-state index in [4.69, 9.17) is 51.4 Å². The zero-order chi connectivity index (χ0) is 20.9. The van der Waals surface area contributed by atoms with Gasteiger partial charge in [-0.05, 0) is 30.7 Å². The van der Waals surface area contributed by atoms with Crippen LogP contribution in [-0.2, 0) is 14.6 Å². The predicted octanol–water partition coefficient (Wildman–Crippen LogP) is 5.30. The van der Waals surface area contributed by atoms with Crippen molar-refractivity contribution in [3.63, 3.8) is 0 Å². The molecule has 0 radical (unpaired) electrons. The Hall–Kier alpha value is -1.03. The highest BCUT2D eigenvalue weighted by atomic mass is 35.5. The quantitative estimate of drug-likeness (QED) is 0.319. The zero-order valence-corrected chi connectivity index (χ0v) is 19.2. The minimum absolute atomic E-state index is 0.0621. The Morgan fingerprint density at radius 3 is 2.59 bits per heavy atom. The number of sulfone groups is 1. The Kier molecular flexibility index (Phi) is 5.78. The van der Waals surface area contributed by atoms with Crippen molar-refractivity contribution in [2.24, 2.45) is 0 Å². The van der Waals surface area contributed by atoms with Crippen LogP contribution in [0.15, 0.2) is 33.6 Å². The fraction of sp³-hybridized carbons (Fsp3) is 0.222. The van der Waals surface area contributed by atoms with Gasteiger partial charge in [-0.2, -0.15) is 0 Å². The third kappa shape index (κ3) is 4.24. The van der Waals surface area contributed by atoms with Crippen molar-refractivity contribution < 1.29 is 17.6 Å². The number of thiocarbonyl (C=S) groups is 1. The van der Waals surface area contributed by atoms with Crippen LogP contribution in [-0.4, -0.2) is 41.1 Å². The van der Waals surface area contributed by atoms with Crippen LogP contribution in [0.3, 0.4) is 0 Å². The summed E-state index contributed by atoms with van der Waals surface area (Å²) in [6, 6.07) is 6.13. The van der Waals surface area contributed by atoms with E-state index in [1.807, 2.05) is 0 Å². The molecule has 1 aromatic carbocycles. The van der Waals surface area contributed by atoms with E-state index >= 15 is 0 Å². The molecular formula is C18H12Cl3NO4S3. The molecule has 5 nitrogen and oxygen atoms in total. The maximum atomic E-state index is 12.8. The maximum Gasteiger partial charge on any atom is 0.266 e. The highest BCUT2D eigenvalue weighted by molar-refractivity contribution is 8.26. The number of hydrogen-bond donors (Lipinski definition) is 0. The smallest absolute Gasteiger partial charge is 0.266 e. The molecule has 0 spiro atoms. The van der Waals surface area contributed by atoms with Gasteiger partial charge >= 0.3 is 0 Å². The summed E-state index contributed by atoms with van der Waals surface area (Å²) in [4.78, 5) is 14.6. The van der Waals surface area contributed by atoms with Gasteiger partial charge in [-0.1, -0.05) is 58.8 Å². The molecule has 1 amide bonds. The van der Waals surface area contributed by atoms with E-state index in [-0.39, 0.29) is 17.4 Å². The summed E-state index contributed by atoms with van der Waals surface area (Å²) >= 11 is 24.7. The van der Waals surface area contributed by atoms with Crippen molar-refractivity contribution in [1.82, 2.24) is 4.90 Å². The normalized spacial score (nSPS) is 22.8. The molecule has 0 N–H and O–H groups in total. The molecule has 11 heteroatoms. The number of benzene rings is 1. The number of thioether (sulfide) groups is 1. The van der Waals surface area contributed by atoms with Gasteiger partial charge in [-0.25, -0.2) is 8.42 Å². The summed E-state index contributed by atoms with van der Waals surface area (Å²) < 4.78 is 29.6. The van der Waals surface area contributed by atoms with Crippen LogP contribution in [0.25, 0.3) is 17.4 Å². The standard InChI is InChI=1S/C18H12Cl3NO4S3/c19-12-7-14(21)13(20)6-11(12)15-2-1-10(26-15)5-16-17(23)22(18(27)28-16)9-3-4-29(24,25)8-9/h1-2,5-7,9H,3-4,8H2/b16-5+. The molecule has 0 saturated carbocycles. The lowest BCUT2D eigenvalue weighted by molar-refractivity contribution is -0.123. The summed E-state index contributed by atoms with van der Waals surface area (Å²) in [6.07, 6.45) is 1.97. The number of furan rings is 1. The second-order valence-electron chi connectivity index (χ2n) is 6.56. The van der Waals surface area contributed by atoms with E-state index in [0.29, 0.717) is 47.8 Å². The average Bonchev–Trinajstić information content (AvgIpc) is 3.30. The van der Waals surface area contributed by atoms with Crippen LogP contribution in [0.1, 0.15) is 12.2 Å². The molecule has 1 aromatic heterocycles. The Balaban J connectivity index is 1.59. The molecule has 29 heavy (non-hydrogen) atoms. The predicted molar refractivity (Wildman–Crippen MR) is 121 cm³/mol. The Labute approximate surface area is 191 Å². The lowest BCUT2D eigenvalue weighted by Crippen LogP contribution is -2.39. The molecule has 4 rings (SSSR count). The van der Waals surface area contributed by atoms with Crippen LogP contribution in [0, 0.1) is 0 Å². The van der Waals surface area contributed by atoms with Crippen LogP contribution in [0.5, 0.6) is 0 Å². The number of amides is 1. The monoisotopic (exact) mass is 507 g/mol. The number of rotatable bonds is 3. The summed E-state index contributed by atoms with van der Waals surface area (Å²) in [6.45, 7) is 0. The molecule has 2 aromatic rings. The van der Waals surface area contributed by atoms with Crippen molar-refractivity contribution >= 4 is 84.9 Å². The van der Waals surface area contributed by atoms with Gasteiger partial charge in [-0.3, -0.25) is 9.69 Å². The van der Waals surface area contributed by atoms with Crippen LogP contribution >= 0.6 is 58.8 Å². The molecule has 2 saturated heterocycles. The topological polar surface area (TPSA) is 67.6 Å². The van der Waals surface area contributed by atoms with Gasteiger partial charge in [0, 0.05) is 11.6 Å². The third-order valence-electron chi connectivity index (χ3n) is 4.57. The average molecular weight is 509 g/mol. The molecular weight excluding hydrogens is 497 g/mol. The Bertz CT molecular complexity index is 1170. The minimum Gasteiger partial charge on any atom is -0.457 e. The molecule has 0 aliphatic carbocycles. The van der Waals surface area contributed by atoms with Gasteiger partial charge < -0.3 is 4.42 Å². The lowest BCUT2D eigenvalue weighted by atomic mass is 10.2. The Morgan fingerprint density at radius 2 is 1.90 bits per heavy atom. The van der Waals surface area contributed by atoms with Crippen LogP contribution in [0.2, 0.25) is 15.1 Å². The highest BCUT2D eigenvalue weighted by Crippen LogP contribution is 2.39. The first-order chi connectivity index (χ1) is 13.6. The van der Waals surface area contributed by atoms with E-state index in [1.165, 1.54) is 11.0 Å². The second-order valence-corrected chi connectivity index (χ2v) is 11.7. The maximum absolute atomic E-state index is 12.8. The number of carbonyl (C=O) groups is 1. The van der Waals surface area contributed by atoms with Crippen molar-refractivity contribution in [3.8, 4) is 11.3 Å². The number of carbonyl (C=O) groups excluding carboxylic acids is 1. The van der Waals surface area contributed by atoms with E-state index in [9.17, 15) is 13.2 Å². The first kappa shape index (κ1) is 21.2. The first-order valence-corrected chi connectivity index (χ1v) is 12.5. The molecule has 1 atom stereocenters. The third-order valence-corrected chi connectivity index (χ3v) is 8.69. The van der Waals surface area contributed by atoms with E-state index in [1.54, 1.807) is 24.3 Å². The fourth-order valence-electron chi connectivity index (χ4n) is 3.19. The molecule has 0 bridgehead atoms. The van der Waals surface area contributed by atoms with E-state index in [0.717, 1.165) is 11.8 Å². The second kappa shape index (κ2) is 7.90. The molecule has 2 aliphatic rings. The van der Waals surface area contributed by atoms with Crippen molar-refractivity contribution in [3.05, 3.63) is 50.0 Å². The zero-order valence-electron chi connectivity index (χ0n) is 14.5. The summed E-state index contributed by atoms with van der Waals surface area (Å²) in [7, 11) is -3.13. The van der Waals surface area contributed by atoms with Gasteiger partial charge in [0.1, 0.15) is 15.8 Å². The largest absolute Gasteiger partial charge is 0.457 e. The van der Waals surface area contributed by atoms with Gasteiger partial charge in [0.2, 0.25) is 0 Å². The van der Waals surface area contributed by atoms with Crippen LogP contribution in [0.4, 0.5) is 0 Å². The summed E-state index contributed by atoms with van der Waals surface area (Å²) in [5.74, 6) is 0.596. The van der Waals surface area contributed by atoms with E-state index in [2.05, 4.69) is 0 Å². The van der Waals surface area contributed by atoms with Crippen molar-refractivity contribution in [2.45, 2.75) is 12.5 Å². The molecule has 1 unspecified atom stereocenters. The van der Waals surface area contributed by atoms with Crippen molar-refractivity contribution in [2.75, 3.05) is 11.5 Å². The van der Waals surface area contributed by atoms with Gasteiger partial charge in [0.05, 0.1) is 37.5 Å². The highest BCUT2D eigenvalue weighted by Gasteiger charge is 2.42. The summed E-state index contributed by atoms with van der Waals surface area (Å²) in [5.41, 5.74) is 0.574. The van der Waals surface area contributed by atoms with Crippen LogP contribution < -0.4 is 0 Å². The molecule has 152 valence electrons. The van der Waals surface area contributed by atoms with Gasteiger partial charge in [0.25, 0.3) is 5.91 Å². The first-order valence-electron chi connectivity index (χ1n) is 8.37. The number of hydrogen-bond acceptors (Lipinski definition) is 6. The summed E-state index contributed by atoms with van der Waals surface area (Å²) in [5, 5.41) is 1.07. The number of halogens is 3. The Morgan fingerprint density at radius 1 is 1.17 bits per heavy atom.